The highest BCUT2D eigenvalue weighted by atomic mass is 127. The smallest absolute Gasteiger partial charge is 0.267 e. The largest absolute Gasteiger partial charge is 0.505 e. The summed E-state index contributed by atoms with van der Waals surface area (Å²) in [7, 11) is 0. The van der Waals surface area contributed by atoms with E-state index in [4.69, 9.17) is 10.8 Å². The van der Waals surface area contributed by atoms with Gasteiger partial charge in [-0.15, -0.1) is 0 Å². The van der Waals surface area contributed by atoms with Gasteiger partial charge >= 0.3 is 0 Å². The van der Waals surface area contributed by atoms with E-state index < -0.39 is 29.3 Å². The van der Waals surface area contributed by atoms with Gasteiger partial charge in [-0.25, -0.2) is 13.8 Å². The van der Waals surface area contributed by atoms with Gasteiger partial charge in [0.25, 0.3) is 12.3 Å². The molecule has 0 aromatic carbocycles. The number of carbonyl (C=O) groups excluding carboxylic acids is 1. The normalized spacial score (nSPS) is 10.6. The van der Waals surface area contributed by atoms with Gasteiger partial charge in [-0.1, -0.05) is 0 Å². The highest BCUT2D eigenvalue weighted by Crippen LogP contribution is 2.31. The van der Waals surface area contributed by atoms with Crippen molar-refractivity contribution in [1.29, 1.82) is 0 Å². The van der Waals surface area contributed by atoms with Crippen molar-refractivity contribution < 1.29 is 18.7 Å². The predicted molar refractivity (Wildman–Crippen MR) is 52.1 cm³/mol. The SMILES string of the molecule is NC(=O)c1ncc(O)c(I)c1C(F)F. The number of rotatable bonds is 2. The van der Waals surface area contributed by atoms with Crippen LogP contribution in [0.5, 0.6) is 5.75 Å². The van der Waals surface area contributed by atoms with E-state index in [1.165, 1.54) is 22.6 Å². The molecule has 0 saturated heterocycles. The molecule has 14 heavy (non-hydrogen) atoms. The lowest BCUT2D eigenvalue weighted by Crippen LogP contribution is -2.17. The molecule has 4 nitrogen and oxygen atoms in total. The Bertz CT molecular complexity index is 384. The average Bonchev–Trinajstić information content (AvgIpc) is 2.08. The fraction of sp³-hybridized carbons (Fsp3) is 0.143. The monoisotopic (exact) mass is 314 g/mol. The van der Waals surface area contributed by atoms with Crippen LogP contribution >= 0.6 is 22.6 Å². The fourth-order valence-corrected chi connectivity index (χ4v) is 1.52. The van der Waals surface area contributed by atoms with Crippen molar-refractivity contribution in [2.24, 2.45) is 5.73 Å². The molecule has 76 valence electrons. The number of primary amides is 1. The molecule has 0 fully saturated rings. The summed E-state index contributed by atoms with van der Waals surface area (Å²) in [6, 6.07) is 0. The molecule has 0 unspecified atom stereocenters. The van der Waals surface area contributed by atoms with Crippen LogP contribution < -0.4 is 5.73 Å². The summed E-state index contributed by atoms with van der Waals surface area (Å²) in [6.07, 6.45) is -1.99. The predicted octanol–water partition coefficient (Wildman–Crippen LogP) is 1.43. The first-order chi connectivity index (χ1) is 6.45. The molecular weight excluding hydrogens is 309 g/mol. The van der Waals surface area contributed by atoms with E-state index in [2.05, 4.69) is 4.98 Å². The molecule has 0 aliphatic heterocycles. The van der Waals surface area contributed by atoms with Gasteiger partial charge in [0.15, 0.2) is 0 Å². The Hall–Kier alpha value is -0.990. The van der Waals surface area contributed by atoms with E-state index in [1.807, 2.05) is 0 Å². The van der Waals surface area contributed by atoms with Gasteiger partial charge in [-0.05, 0) is 22.6 Å². The minimum atomic E-state index is -2.90. The maximum absolute atomic E-state index is 12.5. The van der Waals surface area contributed by atoms with Crippen LogP contribution in [-0.4, -0.2) is 16.0 Å². The van der Waals surface area contributed by atoms with Crippen LogP contribution in [0, 0.1) is 3.57 Å². The molecule has 0 aliphatic rings. The van der Waals surface area contributed by atoms with Crippen LogP contribution in [0.4, 0.5) is 8.78 Å². The van der Waals surface area contributed by atoms with Gasteiger partial charge in [0, 0.05) is 0 Å². The lowest BCUT2D eigenvalue weighted by Gasteiger charge is -2.08. The van der Waals surface area contributed by atoms with Gasteiger partial charge in [-0.3, -0.25) is 4.79 Å². The van der Waals surface area contributed by atoms with Crippen molar-refractivity contribution in [3.8, 4) is 5.75 Å². The second-order valence-corrected chi connectivity index (χ2v) is 3.46. The molecule has 1 amide bonds. The first-order valence-electron chi connectivity index (χ1n) is 3.40. The van der Waals surface area contributed by atoms with E-state index in [0.717, 1.165) is 6.20 Å². The average molecular weight is 314 g/mol. The van der Waals surface area contributed by atoms with Gasteiger partial charge in [0.2, 0.25) is 0 Å². The highest BCUT2D eigenvalue weighted by Gasteiger charge is 2.23. The molecule has 1 aromatic heterocycles. The van der Waals surface area contributed by atoms with Crippen LogP contribution in [0.2, 0.25) is 0 Å². The van der Waals surface area contributed by atoms with E-state index in [0.29, 0.717) is 0 Å². The Morgan fingerprint density at radius 1 is 1.64 bits per heavy atom. The first kappa shape index (κ1) is 11.1. The number of aromatic nitrogens is 1. The summed E-state index contributed by atoms with van der Waals surface area (Å²) in [6.45, 7) is 0. The summed E-state index contributed by atoms with van der Waals surface area (Å²) in [5.74, 6) is -1.44. The van der Waals surface area contributed by atoms with Crippen molar-refractivity contribution in [3.63, 3.8) is 0 Å². The van der Waals surface area contributed by atoms with Gasteiger partial charge in [-0.2, -0.15) is 0 Å². The summed E-state index contributed by atoms with van der Waals surface area (Å²) in [4.78, 5) is 14.1. The lowest BCUT2D eigenvalue weighted by atomic mass is 10.2. The number of nitrogens with two attached hydrogens (primary N) is 1. The Balaban J connectivity index is 3.45. The molecule has 3 N–H and O–H groups in total. The zero-order chi connectivity index (χ0) is 10.9. The molecule has 1 aromatic rings. The minimum absolute atomic E-state index is 0.110. The molecule has 0 bridgehead atoms. The third-order valence-corrected chi connectivity index (χ3v) is 2.62. The third-order valence-electron chi connectivity index (χ3n) is 1.48. The Morgan fingerprint density at radius 2 is 2.21 bits per heavy atom. The van der Waals surface area contributed by atoms with E-state index in [9.17, 15) is 13.6 Å². The van der Waals surface area contributed by atoms with E-state index >= 15 is 0 Å². The molecule has 0 saturated carbocycles. The Morgan fingerprint density at radius 3 is 2.64 bits per heavy atom. The first-order valence-corrected chi connectivity index (χ1v) is 4.48. The topological polar surface area (TPSA) is 76.2 Å². The highest BCUT2D eigenvalue weighted by molar-refractivity contribution is 14.1. The molecular formula is C7H5F2IN2O2. The standard InChI is InChI=1S/C7H5F2IN2O2/c8-6(9)3-4(10)2(13)1-12-5(3)7(11)14/h1,6,13H,(H2,11,14). The zero-order valence-electron chi connectivity index (χ0n) is 6.67. The zero-order valence-corrected chi connectivity index (χ0v) is 8.83. The summed E-state index contributed by atoms with van der Waals surface area (Å²) in [5.41, 5.74) is 3.71. The molecule has 1 rings (SSSR count). The third kappa shape index (κ3) is 1.91. The Labute approximate surface area is 91.3 Å². The Kier molecular flexibility index (Phi) is 3.19. The number of hydrogen-bond donors (Lipinski definition) is 2. The number of amides is 1. The number of nitrogens with zero attached hydrogens (tertiary/aromatic N) is 1. The summed E-state index contributed by atoms with van der Waals surface area (Å²) >= 11 is 1.50. The molecule has 0 aliphatic carbocycles. The van der Waals surface area contributed by atoms with Crippen LogP contribution in [0.15, 0.2) is 6.20 Å². The molecule has 0 spiro atoms. The van der Waals surface area contributed by atoms with E-state index in [1.54, 1.807) is 0 Å². The van der Waals surface area contributed by atoms with E-state index in [-0.39, 0.29) is 3.57 Å². The molecule has 1 heterocycles. The number of halogens is 3. The second kappa shape index (κ2) is 4.03. The van der Waals surface area contributed by atoms with Crippen LogP contribution in [0.25, 0.3) is 0 Å². The molecule has 0 atom stereocenters. The second-order valence-electron chi connectivity index (χ2n) is 2.38. The summed E-state index contributed by atoms with van der Waals surface area (Å²) < 4.78 is 24.8. The quantitative estimate of drug-likeness (QED) is 0.811. The van der Waals surface area contributed by atoms with Crippen LogP contribution in [0.3, 0.4) is 0 Å². The number of hydrogen-bond acceptors (Lipinski definition) is 3. The van der Waals surface area contributed by atoms with Crippen molar-refractivity contribution in [1.82, 2.24) is 4.98 Å². The summed E-state index contributed by atoms with van der Waals surface area (Å²) in [5, 5.41) is 9.10. The number of carbonyl (C=O) groups is 1. The fourth-order valence-electron chi connectivity index (χ4n) is 0.889. The maximum atomic E-state index is 12.5. The number of pyridine rings is 1. The van der Waals surface area contributed by atoms with Gasteiger partial charge < -0.3 is 10.8 Å². The number of alkyl halides is 2. The van der Waals surface area contributed by atoms with Crippen LogP contribution in [-0.2, 0) is 0 Å². The van der Waals surface area contributed by atoms with Gasteiger partial charge in [0.1, 0.15) is 11.4 Å². The van der Waals surface area contributed by atoms with Crippen molar-refractivity contribution in [2.45, 2.75) is 6.43 Å². The minimum Gasteiger partial charge on any atom is -0.505 e. The van der Waals surface area contributed by atoms with Crippen molar-refractivity contribution in [3.05, 3.63) is 21.0 Å². The van der Waals surface area contributed by atoms with Crippen molar-refractivity contribution in [2.75, 3.05) is 0 Å². The van der Waals surface area contributed by atoms with Gasteiger partial charge in [0.05, 0.1) is 15.3 Å². The van der Waals surface area contributed by atoms with Crippen molar-refractivity contribution >= 4 is 28.5 Å². The lowest BCUT2D eigenvalue weighted by molar-refractivity contribution is 0.0979. The maximum Gasteiger partial charge on any atom is 0.267 e. The number of aromatic hydroxyl groups is 1. The van der Waals surface area contributed by atoms with Crippen LogP contribution in [0.1, 0.15) is 22.5 Å². The molecule has 7 heteroatoms. The molecule has 0 radical (unpaired) electrons.